The van der Waals surface area contributed by atoms with Crippen LogP contribution >= 0.6 is 0 Å². The number of rotatable bonds is 4. The van der Waals surface area contributed by atoms with Gasteiger partial charge in [0.05, 0.1) is 5.56 Å². The molecule has 0 bridgehead atoms. The molecule has 4 heteroatoms. The van der Waals surface area contributed by atoms with Crippen molar-refractivity contribution in [3.05, 3.63) is 65.2 Å². The molecule has 0 amide bonds. The Labute approximate surface area is 122 Å². The van der Waals surface area contributed by atoms with Gasteiger partial charge < -0.3 is 5.32 Å². The smallest absolute Gasteiger partial charge is 0.379 e. The fraction of sp³-hybridized carbons (Fsp3) is 0.294. The van der Waals surface area contributed by atoms with E-state index in [0.717, 1.165) is 24.1 Å². The van der Waals surface area contributed by atoms with E-state index < -0.39 is 11.7 Å². The van der Waals surface area contributed by atoms with Crippen molar-refractivity contribution in [3.8, 4) is 0 Å². The van der Waals surface area contributed by atoms with E-state index in [1.54, 1.807) is 6.07 Å². The van der Waals surface area contributed by atoms with Gasteiger partial charge in [-0.05, 0) is 42.7 Å². The number of nitrogens with one attached hydrogen (secondary N) is 1. The fourth-order valence-electron chi connectivity index (χ4n) is 2.16. The van der Waals surface area contributed by atoms with Gasteiger partial charge in [0.25, 0.3) is 0 Å². The monoisotopic (exact) mass is 293 g/mol. The number of alkyl halides is 3. The molecule has 1 unspecified atom stereocenters. The summed E-state index contributed by atoms with van der Waals surface area (Å²) in [4.78, 5) is 0. The highest BCUT2D eigenvalue weighted by atomic mass is 19.4. The zero-order valence-electron chi connectivity index (χ0n) is 12.0. The summed E-state index contributed by atoms with van der Waals surface area (Å²) in [5.41, 5.74) is 2.12. The van der Waals surface area contributed by atoms with Crippen LogP contribution in [-0.2, 0) is 12.6 Å². The number of aryl methyl sites for hydroxylation is 1. The first-order chi connectivity index (χ1) is 9.90. The van der Waals surface area contributed by atoms with Crippen molar-refractivity contribution < 1.29 is 13.2 Å². The Morgan fingerprint density at radius 1 is 1.05 bits per heavy atom. The van der Waals surface area contributed by atoms with Gasteiger partial charge in [0.15, 0.2) is 0 Å². The Morgan fingerprint density at radius 3 is 2.29 bits per heavy atom. The molecule has 0 aliphatic rings. The predicted octanol–water partition coefficient (Wildman–Crippen LogP) is 5.44. The van der Waals surface area contributed by atoms with Crippen LogP contribution in [0.4, 0.5) is 18.9 Å². The van der Waals surface area contributed by atoms with Gasteiger partial charge >= 0.3 is 6.18 Å². The number of hydrogen-bond acceptors (Lipinski definition) is 1. The summed E-state index contributed by atoms with van der Waals surface area (Å²) in [6.07, 6.45) is -3.35. The molecule has 0 fully saturated rings. The summed E-state index contributed by atoms with van der Waals surface area (Å²) in [7, 11) is 0. The quantitative estimate of drug-likeness (QED) is 0.791. The molecular formula is C17H18F3N. The second kappa shape index (κ2) is 6.20. The van der Waals surface area contributed by atoms with E-state index in [4.69, 9.17) is 0 Å². The van der Waals surface area contributed by atoms with Crippen LogP contribution < -0.4 is 5.32 Å². The van der Waals surface area contributed by atoms with E-state index >= 15 is 0 Å². The lowest BCUT2D eigenvalue weighted by molar-refractivity contribution is -0.137. The summed E-state index contributed by atoms with van der Waals surface area (Å²) in [5.74, 6) is 0. The molecule has 0 heterocycles. The highest BCUT2D eigenvalue weighted by molar-refractivity contribution is 5.48. The molecule has 0 aromatic heterocycles. The van der Waals surface area contributed by atoms with E-state index in [2.05, 4.69) is 12.2 Å². The molecular weight excluding hydrogens is 275 g/mol. The van der Waals surface area contributed by atoms with Gasteiger partial charge in [-0.2, -0.15) is 13.2 Å². The molecule has 0 aliphatic heterocycles. The van der Waals surface area contributed by atoms with E-state index in [0.29, 0.717) is 5.69 Å². The van der Waals surface area contributed by atoms with E-state index in [-0.39, 0.29) is 6.04 Å². The van der Waals surface area contributed by atoms with Gasteiger partial charge in [-0.1, -0.05) is 37.3 Å². The lowest BCUT2D eigenvalue weighted by atomic mass is 10.0. The highest BCUT2D eigenvalue weighted by Gasteiger charge is 2.30. The molecule has 1 N–H and O–H groups in total. The number of hydrogen-bond donors (Lipinski definition) is 1. The van der Waals surface area contributed by atoms with Crippen LogP contribution in [-0.4, -0.2) is 0 Å². The number of halogens is 3. The summed E-state index contributed by atoms with van der Waals surface area (Å²) in [5, 5.41) is 3.11. The maximum Gasteiger partial charge on any atom is 0.416 e. The molecule has 2 aromatic rings. The Kier molecular flexibility index (Phi) is 4.56. The first-order valence-electron chi connectivity index (χ1n) is 6.93. The minimum absolute atomic E-state index is 0.0561. The molecule has 1 nitrogen and oxygen atoms in total. The fourth-order valence-corrected chi connectivity index (χ4v) is 2.16. The molecule has 0 aliphatic carbocycles. The highest BCUT2D eigenvalue weighted by Crippen LogP contribution is 2.31. The van der Waals surface area contributed by atoms with Gasteiger partial charge in [0, 0.05) is 11.7 Å². The van der Waals surface area contributed by atoms with Crippen molar-refractivity contribution in [2.24, 2.45) is 0 Å². The average Bonchev–Trinajstić information content (AvgIpc) is 2.47. The topological polar surface area (TPSA) is 12.0 Å². The van der Waals surface area contributed by atoms with E-state index in [1.807, 2.05) is 31.2 Å². The summed E-state index contributed by atoms with van der Waals surface area (Å²) in [6, 6.07) is 13.3. The van der Waals surface area contributed by atoms with Crippen molar-refractivity contribution in [1.29, 1.82) is 0 Å². The van der Waals surface area contributed by atoms with E-state index in [9.17, 15) is 13.2 Å². The zero-order valence-corrected chi connectivity index (χ0v) is 12.0. The average molecular weight is 293 g/mol. The van der Waals surface area contributed by atoms with Crippen LogP contribution in [0.2, 0.25) is 0 Å². The van der Waals surface area contributed by atoms with Gasteiger partial charge in [-0.3, -0.25) is 0 Å². The largest absolute Gasteiger partial charge is 0.416 e. The SMILES string of the molecule is CCc1ccc(C(C)Nc2cccc(C(F)(F)F)c2)cc1. The molecule has 0 spiro atoms. The van der Waals surface area contributed by atoms with E-state index in [1.165, 1.54) is 11.6 Å². The van der Waals surface area contributed by atoms with Crippen LogP contribution in [0.25, 0.3) is 0 Å². The molecule has 2 rings (SSSR count). The maximum absolute atomic E-state index is 12.7. The third kappa shape index (κ3) is 4.00. The second-order valence-electron chi connectivity index (χ2n) is 5.04. The summed E-state index contributed by atoms with van der Waals surface area (Å²) in [6.45, 7) is 4.01. The number of anilines is 1. The minimum atomic E-state index is -4.32. The Morgan fingerprint density at radius 2 is 1.71 bits per heavy atom. The summed E-state index contributed by atoms with van der Waals surface area (Å²) >= 11 is 0. The first kappa shape index (κ1) is 15.4. The van der Waals surface area contributed by atoms with Crippen LogP contribution in [0.1, 0.15) is 36.6 Å². The third-order valence-corrected chi connectivity index (χ3v) is 3.46. The molecule has 2 aromatic carbocycles. The van der Waals surface area contributed by atoms with Gasteiger partial charge in [0.2, 0.25) is 0 Å². The first-order valence-corrected chi connectivity index (χ1v) is 6.93. The van der Waals surface area contributed by atoms with Crippen molar-refractivity contribution in [2.75, 3.05) is 5.32 Å². The Bertz CT molecular complexity index is 588. The van der Waals surface area contributed by atoms with Crippen LogP contribution in [0, 0.1) is 0 Å². The summed E-state index contributed by atoms with van der Waals surface area (Å²) < 4.78 is 38.1. The van der Waals surface area contributed by atoms with Crippen LogP contribution in [0.15, 0.2) is 48.5 Å². The standard InChI is InChI=1S/C17H18F3N/c1-3-13-7-9-14(10-8-13)12(2)21-16-6-4-5-15(11-16)17(18,19)20/h4-12,21H,3H2,1-2H3. The van der Waals surface area contributed by atoms with Crippen molar-refractivity contribution >= 4 is 5.69 Å². The molecule has 0 radical (unpaired) electrons. The zero-order chi connectivity index (χ0) is 15.5. The molecule has 21 heavy (non-hydrogen) atoms. The van der Waals surface area contributed by atoms with Crippen molar-refractivity contribution in [1.82, 2.24) is 0 Å². The third-order valence-electron chi connectivity index (χ3n) is 3.46. The molecule has 1 atom stereocenters. The Hall–Kier alpha value is -1.97. The van der Waals surface area contributed by atoms with Gasteiger partial charge in [-0.25, -0.2) is 0 Å². The molecule has 0 saturated heterocycles. The number of benzene rings is 2. The van der Waals surface area contributed by atoms with Crippen molar-refractivity contribution in [2.45, 2.75) is 32.5 Å². The van der Waals surface area contributed by atoms with Crippen LogP contribution in [0.5, 0.6) is 0 Å². The van der Waals surface area contributed by atoms with Crippen molar-refractivity contribution in [3.63, 3.8) is 0 Å². The second-order valence-corrected chi connectivity index (χ2v) is 5.04. The lowest BCUT2D eigenvalue weighted by Crippen LogP contribution is -2.09. The maximum atomic E-state index is 12.7. The Balaban J connectivity index is 2.13. The normalized spacial score (nSPS) is 13.0. The van der Waals surface area contributed by atoms with Gasteiger partial charge in [0.1, 0.15) is 0 Å². The van der Waals surface area contributed by atoms with Gasteiger partial charge in [-0.15, -0.1) is 0 Å². The lowest BCUT2D eigenvalue weighted by Gasteiger charge is -2.17. The molecule has 0 saturated carbocycles. The van der Waals surface area contributed by atoms with Crippen LogP contribution in [0.3, 0.4) is 0 Å². The predicted molar refractivity (Wildman–Crippen MR) is 79.3 cm³/mol. The minimum Gasteiger partial charge on any atom is -0.379 e. The molecule has 112 valence electrons.